The number of amides is 1. The van der Waals surface area contributed by atoms with E-state index in [0.29, 0.717) is 16.5 Å². The van der Waals surface area contributed by atoms with E-state index < -0.39 is 26.7 Å². The van der Waals surface area contributed by atoms with E-state index in [0.717, 1.165) is 0 Å². The largest absolute Gasteiger partial charge is 0.505 e. The summed E-state index contributed by atoms with van der Waals surface area (Å²) >= 11 is 12.2. The molecule has 0 aliphatic rings. The molecule has 9 nitrogen and oxygen atoms in total. The van der Waals surface area contributed by atoms with Crippen LogP contribution in [-0.4, -0.2) is 31.1 Å². The van der Waals surface area contributed by atoms with E-state index in [4.69, 9.17) is 27.9 Å². The van der Waals surface area contributed by atoms with Crippen LogP contribution in [0.3, 0.4) is 0 Å². The van der Waals surface area contributed by atoms with Gasteiger partial charge in [-0.3, -0.25) is 9.35 Å². The van der Waals surface area contributed by atoms with Gasteiger partial charge >= 0.3 is 0 Å². The predicted molar refractivity (Wildman–Crippen MR) is 146 cm³/mol. The second-order valence-electron chi connectivity index (χ2n) is 8.05. The average molecular weight is 574 g/mol. The quantitative estimate of drug-likeness (QED) is 0.156. The first kappa shape index (κ1) is 27.3. The van der Waals surface area contributed by atoms with Gasteiger partial charge in [0.25, 0.3) is 16.0 Å². The molecular formula is C26H21Cl2N3O6S. The van der Waals surface area contributed by atoms with Gasteiger partial charge in [0, 0.05) is 17.0 Å². The van der Waals surface area contributed by atoms with Gasteiger partial charge in [0.2, 0.25) is 0 Å². The van der Waals surface area contributed by atoms with Gasteiger partial charge in [0.05, 0.1) is 34.1 Å². The van der Waals surface area contributed by atoms with Gasteiger partial charge in [-0.05, 0) is 42.1 Å². The van der Waals surface area contributed by atoms with Crippen molar-refractivity contribution in [3.63, 3.8) is 0 Å². The van der Waals surface area contributed by atoms with Crippen LogP contribution in [0, 0.1) is 0 Å². The highest BCUT2D eigenvalue weighted by atomic mass is 35.5. The Balaban J connectivity index is 1.83. The van der Waals surface area contributed by atoms with Crippen molar-refractivity contribution in [3.05, 3.63) is 81.8 Å². The molecule has 0 saturated heterocycles. The molecule has 0 saturated carbocycles. The number of methoxy groups -OCH3 is 1. The van der Waals surface area contributed by atoms with Crippen LogP contribution < -0.4 is 10.1 Å². The molecule has 0 aliphatic heterocycles. The third kappa shape index (κ3) is 5.44. The van der Waals surface area contributed by atoms with Crippen LogP contribution in [-0.2, 0) is 16.5 Å². The summed E-state index contributed by atoms with van der Waals surface area (Å²) in [6.07, 6.45) is 0.167. The fourth-order valence-corrected chi connectivity index (χ4v) is 5.42. The van der Waals surface area contributed by atoms with E-state index in [1.54, 1.807) is 49.4 Å². The topological polar surface area (TPSA) is 138 Å². The van der Waals surface area contributed by atoms with E-state index in [2.05, 4.69) is 15.5 Å². The van der Waals surface area contributed by atoms with Crippen LogP contribution in [0.4, 0.5) is 17.1 Å². The summed E-state index contributed by atoms with van der Waals surface area (Å²) in [6, 6.07) is 15.9. The highest BCUT2D eigenvalue weighted by Crippen LogP contribution is 2.41. The molecule has 4 rings (SSSR count). The number of hydrogen-bond acceptors (Lipinski definition) is 7. The molecule has 4 aromatic rings. The van der Waals surface area contributed by atoms with Gasteiger partial charge in [0.1, 0.15) is 16.3 Å². The number of nitrogens with zero attached hydrogens (tertiary/aromatic N) is 2. The van der Waals surface area contributed by atoms with Crippen LogP contribution in [0.25, 0.3) is 10.8 Å². The maximum Gasteiger partial charge on any atom is 0.296 e. The lowest BCUT2D eigenvalue weighted by molar-refractivity contribution is 0.102. The number of hydrogen-bond donors (Lipinski definition) is 3. The standard InChI is InChI=1S/C26H21Cl2N3O6S/c1-3-16-21(11-10-20(28)25(16)38(34,35)36)30-31-23-17-7-5-4-6-14(17)12-18(24(23)32)26(33)29-22-13-15(37-2)8-9-19(22)27/h4-13,32H,3H2,1-2H3,(H,29,33)(H,34,35,36). The summed E-state index contributed by atoms with van der Waals surface area (Å²) < 4.78 is 38.7. The number of phenolic OH excluding ortho intramolecular Hbond substituents is 1. The van der Waals surface area contributed by atoms with Crippen molar-refractivity contribution >= 4 is 67.1 Å². The number of carbonyl (C=O) groups excluding carboxylic acids is 1. The number of carbonyl (C=O) groups is 1. The number of anilines is 1. The molecule has 0 fully saturated rings. The molecule has 0 aromatic heterocycles. The Labute approximate surface area is 228 Å². The summed E-state index contributed by atoms with van der Waals surface area (Å²) in [5, 5.41) is 23.3. The van der Waals surface area contributed by atoms with Gasteiger partial charge in [-0.25, -0.2) is 0 Å². The minimum atomic E-state index is -4.64. The molecule has 0 atom stereocenters. The maximum absolute atomic E-state index is 13.2. The first-order chi connectivity index (χ1) is 18.0. The fourth-order valence-electron chi connectivity index (χ4n) is 3.92. The predicted octanol–water partition coefficient (Wildman–Crippen LogP) is 7.34. The number of nitrogens with one attached hydrogen (secondary N) is 1. The first-order valence-electron chi connectivity index (χ1n) is 11.1. The van der Waals surface area contributed by atoms with Crippen molar-refractivity contribution in [1.29, 1.82) is 0 Å². The van der Waals surface area contributed by atoms with Gasteiger partial charge in [-0.2, -0.15) is 13.5 Å². The van der Waals surface area contributed by atoms with E-state index in [1.807, 2.05) is 0 Å². The SMILES string of the molecule is CCc1c(N=Nc2c(O)c(C(=O)Nc3cc(OC)ccc3Cl)cc3ccccc23)ccc(Cl)c1S(=O)(=O)O. The molecule has 196 valence electrons. The van der Waals surface area contributed by atoms with Crippen molar-refractivity contribution in [1.82, 2.24) is 0 Å². The lowest BCUT2D eigenvalue weighted by Crippen LogP contribution is -2.12. The normalized spacial score (nSPS) is 11.7. The Morgan fingerprint density at radius 1 is 1.03 bits per heavy atom. The van der Waals surface area contributed by atoms with Crippen molar-refractivity contribution in [3.8, 4) is 11.5 Å². The van der Waals surface area contributed by atoms with Gasteiger partial charge in [0.15, 0.2) is 5.75 Å². The minimum Gasteiger partial charge on any atom is -0.505 e. The number of azo groups is 1. The summed E-state index contributed by atoms with van der Waals surface area (Å²) in [4.78, 5) is 12.7. The van der Waals surface area contributed by atoms with Crippen molar-refractivity contribution in [2.45, 2.75) is 18.2 Å². The molecule has 0 unspecified atom stereocenters. The van der Waals surface area contributed by atoms with Gasteiger partial charge in [-0.15, -0.1) is 5.11 Å². The van der Waals surface area contributed by atoms with E-state index in [-0.39, 0.29) is 44.7 Å². The molecule has 0 radical (unpaired) electrons. The highest BCUT2D eigenvalue weighted by molar-refractivity contribution is 7.86. The second kappa shape index (κ2) is 11.0. The average Bonchev–Trinajstić information content (AvgIpc) is 2.88. The Bertz CT molecular complexity index is 1710. The zero-order valence-electron chi connectivity index (χ0n) is 20.1. The molecule has 1 amide bonds. The number of phenols is 1. The zero-order chi connectivity index (χ0) is 27.6. The van der Waals surface area contributed by atoms with Crippen LogP contribution in [0.5, 0.6) is 11.5 Å². The van der Waals surface area contributed by atoms with Gasteiger partial charge in [-0.1, -0.05) is 54.4 Å². The first-order valence-corrected chi connectivity index (χ1v) is 13.3. The minimum absolute atomic E-state index is 0.0182. The second-order valence-corrected chi connectivity index (χ2v) is 10.2. The van der Waals surface area contributed by atoms with Crippen molar-refractivity contribution in [2.24, 2.45) is 10.2 Å². The number of rotatable bonds is 7. The highest BCUT2D eigenvalue weighted by Gasteiger charge is 2.23. The number of benzene rings is 4. The van der Waals surface area contributed by atoms with E-state index >= 15 is 0 Å². The molecule has 0 aliphatic carbocycles. The molecule has 0 heterocycles. The molecule has 3 N–H and O–H groups in total. The Kier molecular flexibility index (Phi) is 7.89. The number of aromatic hydroxyl groups is 1. The lowest BCUT2D eigenvalue weighted by Gasteiger charge is -2.13. The lowest BCUT2D eigenvalue weighted by atomic mass is 10.0. The summed E-state index contributed by atoms with van der Waals surface area (Å²) in [5.41, 5.74) is 0.427. The number of halogens is 2. The summed E-state index contributed by atoms with van der Waals surface area (Å²) in [6.45, 7) is 1.67. The van der Waals surface area contributed by atoms with Crippen LogP contribution >= 0.6 is 23.2 Å². The summed E-state index contributed by atoms with van der Waals surface area (Å²) in [7, 11) is -3.16. The Morgan fingerprint density at radius 2 is 1.74 bits per heavy atom. The molecule has 4 aromatic carbocycles. The molecule has 38 heavy (non-hydrogen) atoms. The number of ether oxygens (including phenoxy) is 1. The third-order valence-corrected chi connectivity index (χ3v) is 7.46. The Morgan fingerprint density at radius 3 is 2.42 bits per heavy atom. The molecule has 0 spiro atoms. The van der Waals surface area contributed by atoms with Crippen LogP contribution in [0.2, 0.25) is 10.0 Å². The van der Waals surface area contributed by atoms with E-state index in [9.17, 15) is 22.9 Å². The smallest absolute Gasteiger partial charge is 0.296 e. The van der Waals surface area contributed by atoms with Gasteiger partial charge < -0.3 is 15.2 Å². The van der Waals surface area contributed by atoms with Crippen LogP contribution in [0.1, 0.15) is 22.8 Å². The summed E-state index contributed by atoms with van der Waals surface area (Å²) in [5.74, 6) is -0.638. The molecule has 0 bridgehead atoms. The third-order valence-electron chi connectivity index (χ3n) is 5.72. The maximum atomic E-state index is 13.2. The van der Waals surface area contributed by atoms with Crippen molar-refractivity contribution < 1.29 is 27.6 Å². The number of fused-ring (bicyclic) bond motifs is 1. The van der Waals surface area contributed by atoms with E-state index in [1.165, 1.54) is 25.3 Å². The van der Waals surface area contributed by atoms with Crippen molar-refractivity contribution in [2.75, 3.05) is 12.4 Å². The molecular weight excluding hydrogens is 553 g/mol. The Hall–Kier alpha value is -3.70. The van der Waals surface area contributed by atoms with Crippen LogP contribution in [0.15, 0.2) is 75.8 Å². The molecule has 12 heteroatoms. The zero-order valence-corrected chi connectivity index (χ0v) is 22.4. The fraction of sp³-hybridized carbons (Fsp3) is 0.115. The monoisotopic (exact) mass is 573 g/mol.